The van der Waals surface area contributed by atoms with E-state index in [1.54, 1.807) is 6.07 Å². The van der Waals surface area contributed by atoms with E-state index >= 15 is 0 Å². The number of benzene rings is 1. The number of rotatable bonds is 5. The lowest BCUT2D eigenvalue weighted by atomic mass is 10.1. The van der Waals surface area contributed by atoms with Gasteiger partial charge in [0, 0.05) is 23.9 Å². The highest BCUT2D eigenvalue weighted by atomic mass is 16.1. The molecule has 0 radical (unpaired) electrons. The van der Waals surface area contributed by atoms with Gasteiger partial charge < -0.3 is 4.98 Å². The predicted molar refractivity (Wildman–Crippen MR) is 88.8 cm³/mol. The summed E-state index contributed by atoms with van der Waals surface area (Å²) in [6.45, 7) is 5.35. The van der Waals surface area contributed by atoms with Crippen LogP contribution in [0.2, 0.25) is 0 Å². The van der Waals surface area contributed by atoms with Gasteiger partial charge in [0.25, 0.3) is 5.56 Å². The number of hydrogen-bond donors (Lipinski definition) is 1. The number of hydrogen-bond acceptors (Lipinski definition) is 3. The topological polar surface area (TPSA) is 49.0 Å². The number of aryl methyl sites for hydroxylation is 1. The molecule has 1 aliphatic heterocycles. The maximum atomic E-state index is 11.9. The predicted octanol–water partition coefficient (Wildman–Crippen LogP) is 2.99. The van der Waals surface area contributed by atoms with Crippen molar-refractivity contribution in [2.45, 2.75) is 39.2 Å². The summed E-state index contributed by atoms with van der Waals surface area (Å²) in [4.78, 5) is 21.9. The molecule has 2 aromatic rings. The molecule has 0 spiro atoms. The third kappa shape index (κ3) is 3.45. The Morgan fingerprint density at radius 1 is 1.23 bits per heavy atom. The van der Waals surface area contributed by atoms with E-state index < -0.39 is 0 Å². The molecule has 4 nitrogen and oxygen atoms in total. The largest absolute Gasteiger partial charge is 0.307 e. The van der Waals surface area contributed by atoms with Gasteiger partial charge in [-0.25, -0.2) is 4.98 Å². The van der Waals surface area contributed by atoms with Gasteiger partial charge in [-0.05, 0) is 37.9 Å². The van der Waals surface area contributed by atoms with Crippen molar-refractivity contribution in [3.8, 4) is 11.4 Å². The molecule has 0 amide bonds. The molecule has 4 heteroatoms. The number of aromatic nitrogens is 2. The van der Waals surface area contributed by atoms with E-state index in [1.807, 2.05) is 6.07 Å². The van der Waals surface area contributed by atoms with Gasteiger partial charge in [-0.15, -0.1) is 0 Å². The standard InChI is InChI=1S/C18H23N3O/c1-2-7-15-12-17(22)20-18(19-15)16-9-4-3-8-14(16)13-21-10-5-6-11-21/h3-4,8-9,12H,2,5-7,10-11,13H2,1H3,(H,19,20,22). The Morgan fingerprint density at radius 2 is 2.00 bits per heavy atom. The van der Waals surface area contributed by atoms with Gasteiger partial charge in [-0.3, -0.25) is 9.69 Å². The van der Waals surface area contributed by atoms with E-state index in [-0.39, 0.29) is 5.56 Å². The molecule has 0 aliphatic carbocycles. The normalized spacial score (nSPS) is 15.3. The monoisotopic (exact) mass is 297 g/mol. The molecule has 0 saturated carbocycles. The van der Waals surface area contributed by atoms with Crippen molar-refractivity contribution in [3.05, 3.63) is 51.9 Å². The van der Waals surface area contributed by atoms with Crippen LogP contribution in [0.3, 0.4) is 0 Å². The summed E-state index contributed by atoms with van der Waals surface area (Å²) in [5, 5.41) is 0. The molecule has 1 N–H and O–H groups in total. The van der Waals surface area contributed by atoms with Crippen molar-refractivity contribution in [2.24, 2.45) is 0 Å². The summed E-state index contributed by atoms with van der Waals surface area (Å²) >= 11 is 0. The average Bonchev–Trinajstić information content (AvgIpc) is 3.00. The van der Waals surface area contributed by atoms with Crippen molar-refractivity contribution < 1.29 is 0 Å². The minimum Gasteiger partial charge on any atom is -0.307 e. The molecule has 1 aromatic carbocycles. The van der Waals surface area contributed by atoms with Crippen molar-refractivity contribution in [1.82, 2.24) is 14.9 Å². The van der Waals surface area contributed by atoms with Crippen LogP contribution >= 0.6 is 0 Å². The molecule has 1 saturated heterocycles. The SMILES string of the molecule is CCCc1cc(=O)[nH]c(-c2ccccc2CN2CCCC2)n1. The van der Waals surface area contributed by atoms with Gasteiger partial charge in [0.05, 0.1) is 0 Å². The molecule has 0 atom stereocenters. The highest BCUT2D eigenvalue weighted by molar-refractivity contribution is 5.60. The smallest absolute Gasteiger partial charge is 0.251 e. The Labute approximate surface area is 131 Å². The lowest BCUT2D eigenvalue weighted by Gasteiger charge is -2.17. The summed E-state index contributed by atoms with van der Waals surface area (Å²) in [7, 11) is 0. The minimum atomic E-state index is -0.0653. The van der Waals surface area contributed by atoms with Crippen molar-refractivity contribution >= 4 is 0 Å². The van der Waals surface area contributed by atoms with Crippen LogP contribution < -0.4 is 5.56 Å². The molecule has 1 fully saturated rings. The van der Waals surface area contributed by atoms with E-state index in [4.69, 9.17) is 0 Å². The van der Waals surface area contributed by atoms with E-state index in [1.165, 1.54) is 18.4 Å². The molecule has 2 heterocycles. The lowest BCUT2D eigenvalue weighted by molar-refractivity contribution is 0.332. The molecular formula is C18H23N3O. The summed E-state index contributed by atoms with van der Waals surface area (Å²) in [5.74, 6) is 0.700. The maximum Gasteiger partial charge on any atom is 0.251 e. The van der Waals surface area contributed by atoms with Gasteiger partial charge in [0.15, 0.2) is 0 Å². The van der Waals surface area contributed by atoms with E-state index in [2.05, 4.69) is 40.0 Å². The molecule has 22 heavy (non-hydrogen) atoms. The fraction of sp³-hybridized carbons (Fsp3) is 0.444. The van der Waals surface area contributed by atoms with Gasteiger partial charge >= 0.3 is 0 Å². The summed E-state index contributed by atoms with van der Waals surface area (Å²) < 4.78 is 0. The van der Waals surface area contributed by atoms with Crippen molar-refractivity contribution in [1.29, 1.82) is 0 Å². The third-order valence-electron chi connectivity index (χ3n) is 4.17. The van der Waals surface area contributed by atoms with Crippen molar-refractivity contribution in [3.63, 3.8) is 0 Å². The van der Waals surface area contributed by atoms with Gasteiger partial charge in [0.1, 0.15) is 5.82 Å². The average molecular weight is 297 g/mol. The molecule has 1 aromatic heterocycles. The number of H-pyrrole nitrogens is 1. The molecule has 3 rings (SSSR count). The Morgan fingerprint density at radius 3 is 2.77 bits per heavy atom. The minimum absolute atomic E-state index is 0.0653. The molecule has 0 bridgehead atoms. The van der Waals surface area contributed by atoms with Crippen molar-refractivity contribution in [2.75, 3.05) is 13.1 Å². The fourth-order valence-electron chi connectivity index (χ4n) is 3.09. The van der Waals surface area contributed by atoms with Crippen LogP contribution in [0.5, 0.6) is 0 Å². The van der Waals surface area contributed by atoms with E-state index in [9.17, 15) is 4.79 Å². The highest BCUT2D eigenvalue weighted by Crippen LogP contribution is 2.22. The van der Waals surface area contributed by atoms with Crippen LogP contribution in [-0.2, 0) is 13.0 Å². The lowest BCUT2D eigenvalue weighted by Crippen LogP contribution is -2.19. The van der Waals surface area contributed by atoms with Gasteiger partial charge in [-0.1, -0.05) is 37.6 Å². The summed E-state index contributed by atoms with van der Waals surface area (Å²) in [6.07, 6.45) is 4.39. The van der Waals surface area contributed by atoms with Crippen LogP contribution in [0.1, 0.15) is 37.4 Å². The number of nitrogens with zero attached hydrogens (tertiary/aromatic N) is 2. The maximum absolute atomic E-state index is 11.9. The first-order valence-electron chi connectivity index (χ1n) is 8.17. The Bertz CT molecular complexity index is 687. The van der Waals surface area contributed by atoms with Crippen LogP contribution in [-0.4, -0.2) is 28.0 Å². The molecule has 0 unspecified atom stereocenters. The second kappa shape index (κ2) is 6.88. The second-order valence-corrected chi connectivity index (χ2v) is 5.98. The first-order chi connectivity index (χ1) is 10.8. The first kappa shape index (κ1) is 15.0. The zero-order valence-corrected chi connectivity index (χ0v) is 13.1. The van der Waals surface area contributed by atoms with Crippen LogP contribution in [0, 0.1) is 0 Å². The van der Waals surface area contributed by atoms with Gasteiger partial charge in [0.2, 0.25) is 0 Å². The Balaban J connectivity index is 1.95. The summed E-state index contributed by atoms with van der Waals surface area (Å²) in [5.41, 5.74) is 3.09. The van der Waals surface area contributed by atoms with Crippen LogP contribution in [0.15, 0.2) is 35.1 Å². The second-order valence-electron chi connectivity index (χ2n) is 5.98. The van der Waals surface area contributed by atoms with E-state index in [0.717, 1.165) is 43.7 Å². The highest BCUT2D eigenvalue weighted by Gasteiger charge is 2.15. The zero-order chi connectivity index (χ0) is 15.4. The molecular weight excluding hydrogens is 274 g/mol. The van der Waals surface area contributed by atoms with Gasteiger partial charge in [-0.2, -0.15) is 0 Å². The van der Waals surface area contributed by atoms with E-state index in [0.29, 0.717) is 5.82 Å². The van der Waals surface area contributed by atoms with Crippen LogP contribution in [0.4, 0.5) is 0 Å². The Kier molecular flexibility index (Phi) is 4.68. The summed E-state index contributed by atoms with van der Waals surface area (Å²) in [6, 6.07) is 9.87. The number of nitrogens with one attached hydrogen (secondary N) is 1. The fourth-order valence-corrected chi connectivity index (χ4v) is 3.09. The number of likely N-dealkylation sites (tertiary alicyclic amines) is 1. The zero-order valence-electron chi connectivity index (χ0n) is 13.1. The Hall–Kier alpha value is -1.94. The first-order valence-corrected chi connectivity index (χ1v) is 8.17. The number of aromatic amines is 1. The molecule has 1 aliphatic rings. The third-order valence-corrected chi connectivity index (χ3v) is 4.17. The molecule has 116 valence electrons. The van der Waals surface area contributed by atoms with Crippen LogP contribution in [0.25, 0.3) is 11.4 Å². The quantitative estimate of drug-likeness (QED) is 0.923.